The number of aryl methyl sites for hydroxylation is 1. The molecular weight excluding hydrogens is 328 g/mol. The van der Waals surface area contributed by atoms with E-state index in [-0.39, 0.29) is 6.04 Å². The number of nitrogens with one attached hydrogen (secondary N) is 2. The minimum atomic E-state index is 0.134. The predicted octanol–water partition coefficient (Wildman–Crippen LogP) is 2.39. The van der Waals surface area contributed by atoms with Crippen LogP contribution in [0.15, 0.2) is 12.4 Å². The van der Waals surface area contributed by atoms with Gasteiger partial charge in [-0.2, -0.15) is 0 Å². The van der Waals surface area contributed by atoms with Crippen molar-refractivity contribution in [2.75, 3.05) is 25.0 Å². The van der Waals surface area contributed by atoms with Gasteiger partial charge in [-0.1, -0.05) is 13.3 Å². The van der Waals surface area contributed by atoms with Crippen LogP contribution < -0.4 is 10.6 Å². The number of hydrogen-bond acceptors (Lipinski definition) is 6. The first-order valence-corrected chi connectivity index (χ1v) is 9.63. The number of anilines is 1. The molecule has 2 N–H and O–H groups in total. The van der Waals surface area contributed by atoms with Crippen LogP contribution in [-0.2, 0) is 31.2 Å². The summed E-state index contributed by atoms with van der Waals surface area (Å²) in [4.78, 5) is 14.1. The SMILES string of the molecule is CCC[C@@H](Nc1nc(COCC)nc2c1CCNCC2)c1nccn1C. The van der Waals surface area contributed by atoms with Gasteiger partial charge in [0.25, 0.3) is 0 Å². The molecule has 1 atom stereocenters. The molecule has 2 aromatic heterocycles. The topological polar surface area (TPSA) is 76.9 Å². The molecule has 0 unspecified atom stereocenters. The summed E-state index contributed by atoms with van der Waals surface area (Å²) in [6.07, 6.45) is 7.78. The van der Waals surface area contributed by atoms with Crippen LogP contribution in [0.1, 0.15) is 55.6 Å². The molecule has 3 rings (SSSR count). The van der Waals surface area contributed by atoms with Gasteiger partial charge < -0.3 is 19.9 Å². The summed E-state index contributed by atoms with van der Waals surface area (Å²) in [6.45, 7) is 7.21. The van der Waals surface area contributed by atoms with Crippen LogP contribution in [0.5, 0.6) is 0 Å². The van der Waals surface area contributed by atoms with Crippen LogP contribution >= 0.6 is 0 Å². The molecule has 1 aliphatic rings. The molecule has 0 saturated heterocycles. The fraction of sp³-hybridized carbons (Fsp3) is 0.632. The van der Waals surface area contributed by atoms with Crippen LogP contribution in [0.4, 0.5) is 5.82 Å². The lowest BCUT2D eigenvalue weighted by Gasteiger charge is -2.22. The molecule has 0 bridgehead atoms. The lowest BCUT2D eigenvalue weighted by Crippen LogP contribution is -2.19. The van der Waals surface area contributed by atoms with Crippen LogP contribution in [0.2, 0.25) is 0 Å². The highest BCUT2D eigenvalue weighted by molar-refractivity contribution is 5.49. The first-order valence-electron chi connectivity index (χ1n) is 9.63. The van der Waals surface area contributed by atoms with E-state index in [0.29, 0.717) is 13.2 Å². The largest absolute Gasteiger partial charge is 0.374 e. The molecule has 0 amide bonds. The molecule has 3 heterocycles. The first kappa shape index (κ1) is 18.8. The second-order valence-electron chi connectivity index (χ2n) is 6.68. The molecule has 7 nitrogen and oxygen atoms in total. The summed E-state index contributed by atoms with van der Waals surface area (Å²) in [6, 6.07) is 0.134. The molecular formula is C19H30N6O. The van der Waals surface area contributed by atoms with Crippen molar-refractivity contribution in [3.05, 3.63) is 35.3 Å². The van der Waals surface area contributed by atoms with Gasteiger partial charge in [-0.3, -0.25) is 0 Å². The summed E-state index contributed by atoms with van der Waals surface area (Å²) >= 11 is 0. The minimum absolute atomic E-state index is 0.134. The highest BCUT2D eigenvalue weighted by Crippen LogP contribution is 2.26. The Morgan fingerprint density at radius 3 is 2.85 bits per heavy atom. The number of rotatable bonds is 8. The highest BCUT2D eigenvalue weighted by atomic mass is 16.5. The van der Waals surface area contributed by atoms with E-state index in [4.69, 9.17) is 14.7 Å². The second kappa shape index (κ2) is 9.09. The van der Waals surface area contributed by atoms with Crippen LogP contribution in [0.3, 0.4) is 0 Å². The van der Waals surface area contributed by atoms with Gasteiger partial charge in [0.15, 0.2) is 5.82 Å². The van der Waals surface area contributed by atoms with Crippen molar-refractivity contribution in [2.24, 2.45) is 7.05 Å². The normalized spacial score (nSPS) is 15.3. The Kier molecular flexibility index (Phi) is 6.57. The average Bonchev–Trinajstić information content (AvgIpc) is 2.92. The summed E-state index contributed by atoms with van der Waals surface area (Å²) in [5, 5.41) is 7.13. The molecule has 7 heteroatoms. The number of hydrogen-bond donors (Lipinski definition) is 2. The Morgan fingerprint density at radius 2 is 2.12 bits per heavy atom. The van der Waals surface area contributed by atoms with Gasteiger partial charge in [-0.25, -0.2) is 15.0 Å². The minimum Gasteiger partial charge on any atom is -0.374 e. The summed E-state index contributed by atoms with van der Waals surface area (Å²) < 4.78 is 7.64. The number of nitrogens with zero attached hydrogens (tertiary/aromatic N) is 4. The predicted molar refractivity (Wildman–Crippen MR) is 102 cm³/mol. The summed E-state index contributed by atoms with van der Waals surface area (Å²) in [5.74, 6) is 2.73. The van der Waals surface area contributed by atoms with E-state index in [1.54, 1.807) is 0 Å². The molecule has 1 aliphatic heterocycles. The van der Waals surface area contributed by atoms with Gasteiger partial charge in [0.2, 0.25) is 0 Å². The smallest absolute Gasteiger partial charge is 0.156 e. The van der Waals surface area contributed by atoms with Crippen LogP contribution in [0.25, 0.3) is 0 Å². The van der Waals surface area contributed by atoms with E-state index in [0.717, 1.165) is 61.9 Å². The molecule has 142 valence electrons. The van der Waals surface area contributed by atoms with Crippen molar-refractivity contribution in [3.8, 4) is 0 Å². The van der Waals surface area contributed by atoms with E-state index in [1.807, 2.05) is 26.4 Å². The van der Waals surface area contributed by atoms with Gasteiger partial charge in [0.1, 0.15) is 18.2 Å². The number of fused-ring (bicyclic) bond motifs is 1. The third-order valence-corrected chi connectivity index (χ3v) is 4.72. The fourth-order valence-corrected chi connectivity index (χ4v) is 3.41. The first-order chi connectivity index (χ1) is 12.7. The van der Waals surface area contributed by atoms with Crippen molar-refractivity contribution in [1.29, 1.82) is 0 Å². The monoisotopic (exact) mass is 358 g/mol. The fourth-order valence-electron chi connectivity index (χ4n) is 3.41. The molecule has 0 aromatic carbocycles. The standard InChI is InChI=1S/C19H30N6O/c1-4-6-16(19-21-11-12-25(19)3)23-18-14-7-9-20-10-8-15(14)22-17(24-18)13-26-5-2/h11-12,16,20H,4-10,13H2,1-3H3,(H,22,23,24)/t16-/m1/s1. The second-order valence-corrected chi connectivity index (χ2v) is 6.68. The third kappa shape index (κ3) is 4.40. The Labute approximate surface area is 155 Å². The van der Waals surface area contributed by atoms with Crippen LogP contribution in [-0.4, -0.2) is 39.2 Å². The Morgan fingerprint density at radius 1 is 1.27 bits per heavy atom. The third-order valence-electron chi connectivity index (χ3n) is 4.72. The number of imidazole rings is 1. The summed E-state index contributed by atoms with van der Waals surface area (Å²) in [5.41, 5.74) is 2.36. The lowest BCUT2D eigenvalue weighted by molar-refractivity contribution is 0.128. The van der Waals surface area contributed by atoms with Gasteiger partial charge in [0.05, 0.1) is 11.7 Å². The zero-order valence-corrected chi connectivity index (χ0v) is 16.1. The van der Waals surface area contributed by atoms with Gasteiger partial charge >= 0.3 is 0 Å². The molecule has 0 fully saturated rings. The van der Waals surface area contributed by atoms with Gasteiger partial charge in [0, 0.05) is 44.6 Å². The zero-order valence-electron chi connectivity index (χ0n) is 16.1. The summed E-state index contributed by atoms with van der Waals surface area (Å²) in [7, 11) is 2.04. The molecule has 0 saturated carbocycles. The molecule has 2 aromatic rings. The molecule has 26 heavy (non-hydrogen) atoms. The van der Waals surface area contributed by atoms with Crippen molar-refractivity contribution in [1.82, 2.24) is 24.8 Å². The average molecular weight is 358 g/mol. The van der Waals surface area contributed by atoms with Crippen molar-refractivity contribution >= 4 is 5.82 Å². The number of ether oxygens (including phenoxy) is 1. The Hall–Kier alpha value is -1.99. The highest BCUT2D eigenvalue weighted by Gasteiger charge is 2.21. The van der Waals surface area contributed by atoms with Gasteiger partial charge in [-0.15, -0.1) is 0 Å². The lowest BCUT2D eigenvalue weighted by atomic mass is 10.1. The van der Waals surface area contributed by atoms with Crippen molar-refractivity contribution in [2.45, 2.75) is 52.2 Å². The van der Waals surface area contributed by atoms with Crippen molar-refractivity contribution in [3.63, 3.8) is 0 Å². The van der Waals surface area contributed by atoms with E-state index >= 15 is 0 Å². The number of aromatic nitrogens is 4. The van der Waals surface area contributed by atoms with E-state index in [2.05, 4.69) is 27.1 Å². The van der Waals surface area contributed by atoms with E-state index in [9.17, 15) is 0 Å². The Bertz CT molecular complexity index is 714. The van der Waals surface area contributed by atoms with Crippen molar-refractivity contribution < 1.29 is 4.74 Å². The molecule has 0 spiro atoms. The van der Waals surface area contributed by atoms with E-state index < -0.39 is 0 Å². The molecule has 0 radical (unpaired) electrons. The zero-order chi connectivity index (χ0) is 18.4. The maximum Gasteiger partial charge on any atom is 0.156 e. The quantitative estimate of drug-likeness (QED) is 0.754. The Balaban J connectivity index is 1.94. The molecule has 0 aliphatic carbocycles. The maximum atomic E-state index is 5.56. The van der Waals surface area contributed by atoms with Gasteiger partial charge in [-0.05, 0) is 26.3 Å². The van der Waals surface area contributed by atoms with Crippen LogP contribution in [0, 0.1) is 0 Å². The van der Waals surface area contributed by atoms with E-state index in [1.165, 1.54) is 5.56 Å². The maximum absolute atomic E-state index is 5.56.